The maximum absolute atomic E-state index is 13.1. The van der Waals surface area contributed by atoms with Crippen molar-refractivity contribution in [2.45, 2.75) is 12.5 Å². The zero-order chi connectivity index (χ0) is 13.4. The monoisotopic (exact) mass is 249 g/mol. The number of azide groups is 1. The van der Waals surface area contributed by atoms with Crippen LogP contribution in [0.1, 0.15) is 18.0 Å². The van der Waals surface area contributed by atoms with Gasteiger partial charge in [-0.3, -0.25) is 5.32 Å². The van der Waals surface area contributed by atoms with E-state index in [1.807, 2.05) is 6.07 Å². The Labute approximate surface area is 103 Å². The molecule has 18 heavy (non-hydrogen) atoms. The molecular weight excluding hydrogens is 237 g/mol. The highest BCUT2D eigenvalue weighted by atomic mass is 19.1. The zero-order valence-corrected chi connectivity index (χ0v) is 9.54. The minimum atomic E-state index is -0.761. The van der Waals surface area contributed by atoms with Crippen molar-refractivity contribution in [2.24, 2.45) is 5.11 Å². The molecule has 0 aliphatic rings. The fourth-order valence-electron chi connectivity index (χ4n) is 1.38. The summed E-state index contributed by atoms with van der Waals surface area (Å²) in [6, 6.07) is 5.13. The number of hydrogen-bond acceptors (Lipinski definition) is 4. The van der Waals surface area contributed by atoms with Crippen LogP contribution in [0, 0.1) is 17.1 Å². The predicted octanol–water partition coefficient (Wildman–Crippen LogP) is 2.39. The van der Waals surface area contributed by atoms with Gasteiger partial charge in [0.15, 0.2) is 11.6 Å². The van der Waals surface area contributed by atoms with E-state index in [-0.39, 0.29) is 0 Å². The van der Waals surface area contributed by atoms with Gasteiger partial charge in [-0.1, -0.05) is 11.2 Å². The molecule has 0 bridgehead atoms. The zero-order valence-electron chi connectivity index (χ0n) is 9.54. The molecule has 0 aromatic heterocycles. The lowest BCUT2D eigenvalue weighted by Crippen LogP contribution is -2.21. The first-order chi connectivity index (χ1) is 8.69. The molecule has 2 N–H and O–H groups in total. The Kier molecular flexibility index (Phi) is 5.45. The van der Waals surface area contributed by atoms with Crippen LogP contribution in [-0.2, 0) is 0 Å². The molecule has 0 fully saturated rings. The summed E-state index contributed by atoms with van der Waals surface area (Å²) in [4.78, 5) is 2.61. The average Bonchev–Trinajstić information content (AvgIpc) is 2.37. The Morgan fingerprint density at radius 1 is 1.61 bits per heavy atom. The van der Waals surface area contributed by atoms with Crippen LogP contribution in [0.5, 0.6) is 5.75 Å². The van der Waals surface area contributed by atoms with Gasteiger partial charge >= 0.3 is 0 Å². The van der Waals surface area contributed by atoms with Gasteiger partial charge in [-0.15, -0.1) is 0 Å². The fourth-order valence-corrected chi connectivity index (χ4v) is 1.38. The van der Waals surface area contributed by atoms with E-state index in [4.69, 9.17) is 15.9 Å². The molecule has 1 rings (SSSR count). The van der Waals surface area contributed by atoms with Gasteiger partial charge in [0.1, 0.15) is 6.04 Å². The Balaban J connectivity index is 2.58. The third kappa shape index (κ3) is 3.94. The minimum absolute atomic E-state index is 0.339. The van der Waals surface area contributed by atoms with Crippen molar-refractivity contribution in [3.63, 3.8) is 0 Å². The molecule has 0 heterocycles. The molecule has 1 aromatic rings. The lowest BCUT2D eigenvalue weighted by Gasteiger charge is -2.11. The van der Waals surface area contributed by atoms with Gasteiger partial charge in [0.2, 0.25) is 0 Å². The summed E-state index contributed by atoms with van der Waals surface area (Å²) in [5.74, 6) is -1.21. The van der Waals surface area contributed by atoms with E-state index in [2.05, 4.69) is 15.3 Å². The number of benzene rings is 1. The first-order valence-electron chi connectivity index (χ1n) is 5.31. The largest absolute Gasteiger partial charge is 0.505 e. The predicted molar refractivity (Wildman–Crippen MR) is 63.1 cm³/mol. The third-order valence-corrected chi connectivity index (χ3v) is 2.28. The molecule has 1 atom stereocenters. The first-order valence-corrected chi connectivity index (χ1v) is 5.31. The molecular formula is C11H12FN5O. The molecule has 1 aromatic carbocycles. The molecule has 0 amide bonds. The highest BCUT2D eigenvalue weighted by Crippen LogP contribution is 2.20. The lowest BCUT2D eigenvalue weighted by molar-refractivity contribution is 0.431. The Morgan fingerprint density at radius 3 is 3.00 bits per heavy atom. The van der Waals surface area contributed by atoms with Crippen LogP contribution in [0.3, 0.4) is 0 Å². The Morgan fingerprint density at radius 2 is 2.39 bits per heavy atom. The number of hydrogen-bond donors (Lipinski definition) is 2. The molecule has 0 aliphatic carbocycles. The van der Waals surface area contributed by atoms with Gasteiger partial charge in [0.05, 0.1) is 6.07 Å². The van der Waals surface area contributed by atoms with E-state index in [1.165, 1.54) is 12.1 Å². The van der Waals surface area contributed by atoms with Crippen LogP contribution in [0.2, 0.25) is 0 Å². The van der Waals surface area contributed by atoms with E-state index in [0.717, 1.165) is 6.07 Å². The summed E-state index contributed by atoms with van der Waals surface area (Å²) in [6.45, 7) is 0.811. The fraction of sp³-hybridized carbons (Fsp3) is 0.364. The van der Waals surface area contributed by atoms with Gasteiger partial charge in [0.25, 0.3) is 0 Å². The van der Waals surface area contributed by atoms with Gasteiger partial charge in [-0.2, -0.15) is 5.26 Å². The average molecular weight is 249 g/mol. The van der Waals surface area contributed by atoms with Crippen LogP contribution < -0.4 is 5.32 Å². The number of nitriles is 1. The SMILES string of the molecule is N#CC(NCCCN=[N+]=[N-])c1ccc(O)c(F)c1. The first kappa shape index (κ1) is 13.8. The van der Waals surface area contributed by atoms with E-state index in [1.54, 1.807) is 0 Å². The minimum Gasteiger partial charge on any atom is -0.505 e. The number of nitrogens with one attached hydrogen (secondary N) is 1. The van der Waals surface area contributed by atoms with Crippen LogP contribution in [0.25, 0.3) is 10.4 Å². The molecule has 6 nitrogen and oxygen atoms in total. The van der Waals surface area contributed by atoms with E-state index >= 15 is 0 Å². The van der Waals surface area contributed by atoms with E-state index in [0.29, 0.717) is 25.1 Å². The van der Waals surface area contributed by atoms with Crippen LogP contribution in [0.15, 0.2) is 23.3 Å². The molecule has 0 aliphatic heterocycles. The highest BCUT2D eigenvalue weighted by Gasteiger charge is 2.11. The van der Waals surface area contributed by atoms with Crippen molar-refractivity contribution >= 4 is 0 Å². The highest BCUT2D eigenvalue weighted by molar-refractivity contribution is 5.32. The maximum atomic E-state index is 13.1. The van der Waals surface area contributed by atoms with Crippen LogP contribution in [-0.4, -0.2) is 18.2 Å². The van der Waals surface area contributed by atoms with Crippen molar-refractivity contribution < 1.29 is 9.50 Å². The smallest absolute Gasteiger partial charge is 0.165 e. The van der Waals surface area contributed by atoms with Crippen molar-refractivity contribution in [1.29, 1.82) is 5.26 Å². The van der Waals surface area contributed by atoms with E-state index in [9.17, 15) is 4.39 Å². The number of rotatable bonds is 6. The standard InChI is InChI=1S/C11H12FN5O/c12-9-6-8(2-3-11(9)18)10(7-13)15-4-1-5-16-17-14/h2-3,6,10,15,18H,1,4-5H2. The summed E-state index contributed by atoms with van der Waals surface area (Å²) in [5, 5.41) is 24.3. The number of phenols is 1. The van der Waals surface area contributed by atoms with Gasteiger partial charge < -0.3 is 5.11 Å². The van der Waals surface area contributed by atoms with Crippen molar-refractivity contribution in [3.05, 3.63) is 40.0 Å². The summed E-state index contributed by atoms with van der Waals surface area (Å²) >= 11 is 0. The molecule has 0 spiro atoms. The van der Waals surface area contributed by atoms with Gasteiger partial charge in [-0.25, -0.2) is 4.39 Å². The van der Waals surface area contributed by atoms with Gasteiger partial charge in [-0.05, 0) is 36.2 Å². The topological polar surface area (TPSA) is 105 Å². The van der Waals surface area contributed by atoms with Crippen LogP contribution >= 0.6 is 0 Å². The maximum Gasteiger partial charge on any atom is 0.165 e. The summed E-state index contributed by atoms with van der Waals surface area (Å²) in [7, 11) is 0. The molecule has 1 unspecified atom stereocenters. The van der Waals surface area contributed by atoms with Crippen molar-refractivity contribution in [3.8, 4) is 11.8 Å². The third-order valence-electron chi connectivity index (χ3n) is 2.28. The number of aromatic hydroxyl groups is 1. The molecule has 0 saturated carbocycles. The Bertz CT molecular complexity index is 493. The number of phenolic OH excluding ortho intramolecular Hbond substituents is 1. The molecule has 7 heteroatoms. The molecule has 0 saturated heterocycles. The van der Waals surface area contributed by atoms with Crippen LogP contribution in [0.4, 0.5) is 4.39 Å². The second-order valence-electron chi connectivity index (χ2n) is 3.54. The quantitative estimate of drug-likeness (QED) is 0.350. The van der Waals surface area contributed by atoms with Gasteiger partial charge in [0, 0.05) is 11.5 Å². The Hall–Kier alpha value is -2.29. The second kappa shape index (κ2) is 7.12. The second-order valence-corrected chi connectivity index (χ2v) is 3.54. The molecule has 94 valence electrons. The summed E-state index contributed by atoms with van der Waals surface area (Å²) in [5.41, 5.74) is 8.52. The lowest BCUT2D eigenvalue weighted by atomic mass is 10.1. The van der Waals surface area contributed by atoms with Crippen molar-refractivity contribution in [1.82, 2.24) is 5.32 Å². The van der Waals surface area contributed by atoms with E-state index < -0.39 is 17.6 Å². The number of nitrogens with zero attached hydrogens (tertiary/aromatic N) is 4. The summed E-state index contributed by atoms with van der Waals surface area (Å²) in [6.07, 6.45) is 0.586. The molecule has 0 radical (unpaired) electrons. The van der Waals surface area contributed by atoms with Crippen molar-refractivity contribution in [2.75, 3.05) is 13.1 Å². The normalized spacial score (nSPS) is 11.3. The number of halogens is 1. The summed E-state index contributed by atoms with van der Waals surface area (Å²) < 4.78 is 13.1.